The van der Waals surface area contributed by atoms with Crippen molar-refractivity contribution in [3.05, 3.63) is 35.7 Å². The molecule has 2 nitrogen and oxygen atoms in total. The van der Waals surface area contributed by atoms with Crippen molar-refractivity contribution >= 4 is 0 Å². The molecule has 1 radical (unpaired) electrons. The molecule has 1 aromatic rings. The molecular formula is C10H11F2O2. The number of halogens is 2. The fourth-order valence-electron chi connectivity index (χ4n) is 1.03. The van der Waals surface area contributed by atoms with Gasteiger partial charge in [0, 0.05) is 5.92 Å². The van der Waals surface area contributed by atoms with Gasteiger partial charge in [-0.25, -0.2) is 0 Å². The second-order valence-electron chi connectivity index (χ2n) is 2.84. The summed E-state index contributed by atoms with van der Waals surface area (Å²) in [5, 5.41) is 8.83. The van der Waals surface area contributed by atoms with Gasteiger partial charge in [0.1, 0.15) is 5.75 Å². The van der Waals surface area contributed by atoms with E-state index in [-0.39, 0.29) is 12.4 Å². The molecule has 0 spiro atoms. The van der Waals surface area contributed by atoms with Crippen LogP contribution in [0.3, 0.4) is 0 Å². The van der Waals surface area contributed by atoms with Crippen LogP contribution in [0.25, 0.3) is 0 Å². The average molecular weight is 201 g/mol. The molecule has 0 unspecified atom stereocenters. The Morgan fingerprint density at radius 2 is 2.21 bits per heavy atom. The normalized spacial score (nSPS) is 11.0. The molecule has 0 fully saturated rings. The molecule has 0 saturated heterocycles. The predicted octanol–water partition coefficient (Wildman–Crippen LogP) is 2.22. The van der Waals surface area contributed by atoms with Gasteiger partial charge in [-0.15, -0.1) is 0 Å². The Morgan fingerprint density at radius 3 is 2.79 bits per heavy atom. The summed E-state index contributed by atoms with van der Waals surface area (Å²) in [5.41, 5.74) is 0.700. The second-order valence-corrected chi connectivity index (χ2v) is 2.84. The predicted molar refractivity (Wildman–Crippen MR) is 48.2 cm³/mol. The molecule has 0 saturated carbocycles. The van der Waals surface area contributed by atoms with Gasteiger partial charge in [0.25, 0.3) is 0 Å². The van der Waals surface area contributed by atoms with Crippen molar-refractivity contribution in [3.63, 3.8) is 0 Å². The van der Waals surface area contributed by atoms with Gasteiger partial charge in [0.05, 0.1) is 6.61 Å². The fourth-order valence-corrected chi connectivity index (χ4v) is 1.03. The average Bonchev–Trinajstić information content (AvgIpc) is 2.16. The number of benzene rings is 1. The van der Waals surface area contributed by atoms with Gasteiger partial charge in [-0.3, -0.25) is 0 Å². The molecular weight excluding hydrogens is 190 g/mol. The summed E-state index contributed by atoms with van der Waals surface area (Å²) >= 11 is 0. The molecule has 0 aliphatic rings. The maximum absolute atomic E-state index is 11.9. The molecule has 77 valence electrons. The van der Waals surface area contributed by atoms with Crippen molar-refractivity contribution in [3.8, 4) is 5.75 Å². The van der Waals surface area contributed by atoms with E-state index in [2.05, 4.69) is 4.74 Å². The molecule has 0 bridgehead atoms. The monoisotopic (exact) mass is 201 g/mol. The van der Waals surface area contributed by atoms with E-state index in [4.69, 9.17) is 5.11 Å². The zero-order valence-electron chi connectivity index (χ0n) is 7.71. The number of hydrogen-bond donors (Lipinski definition) is 1. The van der Waals surface area contributed by atoms with Crippen LogP contribution in [0.5, 0.6) is 5.75 Å². The first-order valence-corrected chi connectivity index (χ1v) is 4.12. The van der Waals surface area contributed by atoms with Crippen molar-refractivity contribution in [2.24, 2.45) is 0 Å². The van der Waals surface area contributed by atoms with Crippen LogP contribution in [0.2, 0.25) is 0 Å². The van der Waals surface area contributed by atoms with Gasteiger partial charge in [0.2, 0.25) is 0 Å². The maximum Gasteiger partial charge on any atom is 0.387 e. The van der Waals surface area contributed by atoms with Crippen LogP contribution in [0.15, 0.2) is 24.3 Å². The lowest BCUT2D eigenvalue weighted by atomic mass is 10.0. The standard InChI is InChI=1S/C10H11F2O2/c1-7(6-13)8-3-2-4-9(5-8)14-10(11)12/h2-5,10,13H,6H2,1H3. The fraction of sp³-hybridized carbons (Fsp3) is 0.300. The zero-order valence-corrected chi connectivity index (χ0v) is 7.71. The summed E-state index contributed by atoms with van der Waals surface area (Å²) in [5.74, 6) is 0.815. The summed E-state index contributed by atoms with van der Waals surface area (Å²) in [6, 6.07) is 6.24. The van der Waals surface area contributed by atoms with Crippen LogP contribution < -0.4 is 4.74 Å². The third kappa shape index (κ3) is 2.96. The van der Waals surface area contributed by atoms with Crippen LogP contribution in [0, 0.1) is 5.92 Å². The van der Waals surface area contributed by atoms with E-state index >= 15 is 0 Å². The summed E-state index contributed by atoms with van der Waals surface area (Å²) in [7, 11) is 0. The van der Waals surface area contributed by atoms with Crippen LogP contribution in [-0.4, -0.2) is 18.3 Å². The quantitative estimate of drug-likeness (QED) is 0.809. The molecule has 0 aliphatic carbocycles. The first-order valence-electron chi connectivity index (χ1n) is 4.12. The Kier molecular flexibility index (Phi) is 3.83. The van der Waals surface area contributed by atoms with E-state index in [1.807, 2.05) is 0 Å². The summed E-state index contributed by atoms with van der Waals surface area (Å²) in [4.78, 5) is 0. The van der Waals surface area contributed by atoms with E-state index in [0.717, 1.165) is 0 Å². The lowest BCUT2D eigenvalue weighted by Gasteiger charge is -2.09. The Labute approximate surface area is 81.1 Å². The Hall–Kier alpha value is -1.16. The summed E-state index contributed by atoms with van der Waals surface area (Å²) in [6.07, 6.45) is 0. The maximum atomic E-state index is 11.9. The molecule has 1 rings (SSSR count). The first kappa shape index (κ1) is 10.9. The highest BCUT2D eigenvalue weighted by Gasteiger charge is 2.08. The molecule has 4 heteroatoms. The smallest absolute Gasteiger partial charge is 0.387 e. The lowest BCUT2D eigenvalue weighted by Crippen LogP contribution is -2.04. The van der Waals surface area contributed by atoms with Crippen molar-refractivity contribution in [2.75, 3.05) is 6.61 Å². The Morgan fingerprint density at radius 1 is 1.50 bits per heavy atom. The molecule has 14 heavy (non-hydrogen) atoms. The van der Waals surface area contributed by atoms with Crippen molar-refractivity contribution < 1.29 is 18.6 Å². The minimum atomic E-state index is -2.82. The molecule has 1 N–H and O–H groups in total. The SMILES string of the molecule is C[C](CO)c1cccc(OC(F)F)c1. The number of aliphatic hydroxyl groups excluding tert-OH is 1. The molecule has 0 atom stereocenters. The van der Waals surface area contributed by atoms with E-state index in [1.54, 1.807) is 19.1 Å². The Balaban J connectivity index is 2.78. The van der Waals surface area contributed by atoms with E-state index in [1.165, 1.54) is 12.1 Å². The van der Waals surface area contributed by atoms with Crippen LogP contribution in [0.4, 0.5) is 8.78 Å². The van der Waals surface area contributed by atoms with Crippen LogP contribution >= 0.6 is 0 Å². The highest BCUT2D eigenvalue weighted by atomic mass is 19.3. The number of rotatable bonds is 4. The minimum absolute atomic E-state index is 0.0991. The van der Waals surface area contributed by atoms with Crippen LogP contribution in [-0.2, 0) is 0 Å². The largest absolute Gasteiger partial charge is 0.435 e. The summed E-state index contributed by atoms with van der Waals surface area (Å²) < 4.78 is 27.9. The minimum Gasteiger partial charge on any atom is -0.435 e. The van der Waals surface area contributed by atoms with Gasteiger partial charge in [-0.1, -0.05) is 19.1 Å². The number of ether oxygens (including phenoxy) is 1. The molecule has 1 aromatic carbocycles. The van der Waals surface area contributed by atoms with Crippen LogP contribution in [0.1, 0.15) is 12.5 Å². The van der Waals surface area contributed by atoms with E-state index in [0.29, 0.717) is 11.5 Å². The molecule has 0 amide bonds. The van der Waals surface area contributed by atoms with Crippen molar-refractivity contribution in [1.82, 2.24) is 0 Å². The van der Waals surface area contributed by atoms with E-state index in [9.17, 15) is 8.78 Å². The van der Waals surface area contributed by atoms with Gasteiger partial charge in [-0.2, -0.15) is 8.78 Å². The zero-order chi connectivity index (χ0) is 10.6. The molecule has 0 aromatic heterocycles. The van der Waals surface area contributed by atoms with Crippen molar-refractivity contribution in [2.45, 2.75) is 13.5 Å². The van der Waals surface area contributed by atoms with Gasteiger partial charge < -0.3 is 9.84 Å². The topological polar surface area (TPSA) is 29.5 Å². The first-order chi connectivity index (χ1) is 6.63. The summed E-state index contributed by atoms with van der Waals surface area (Å²) in [6.45, 7) is -1.20. The second kappa shape index (κ2) is 4.91. The van der Waals surface area contributed by atoms with Gasteiger partial charge in [-0.05, 0) is 17.7 Å². The molecule has 0 aliphatic heterocycles. The number of hydrogen-bond acceptors (Lipinski definition) is 2. The lowest BCUT2D eigenvalue weighted by molar-refractivity contribution is -0.0498. The highest BCUT2D eigenvalue weighted by Crippen LogP contribution is 2.20. The third-order valence-corrected chi connectivity index (χ3v) is 1.79. The third-order valence-electron chi connectivity index (χ3n) is 1.79. The van der Waals surface area contributed by atoms with Crippen molar-refractivity contribution in [1.29, 1.82) is 0 Å². The number of alkyl halides is 2. The highest BCUT2D eigenvalue weighted by molar-refractivity contribution is 5.36. The number of aliphatic hydroxyl groups is 1. The van der Waals surface area contributed by atoms with E-state index < -0.39 is 6.61 Å². The van der Waals surface area contributed by atoms with Gasteiger partial charge >= 0.3 is 6.61 Å². The van der Waals surface area contributed by atoms with Gasteiger partial charge in [0.15, 0.2) is 0 Å². The Bertz CT molecular complexity index is 289. The molecule has 0 heterocycles.